The van der Waals surface area contributed by atoms with Gasteiger partial charge < -0.3 is 10.6 Å². The summed E-state index contributed by atoms with van der Waals surface area (Å²) in [4.78, 5) is 8.99. The number of rotatable bonds is 5. The minimum absolute atomic E-state index is 0.165. The van der Waals surface area contributed by atoms with Crippen LogP contribution in [0.3, 0.4) is 0 Å². The summed E-state index contributed by atoms with van der Waals surface area (Å²) in [5.74, 6) is 1.52. The van der Waals surface area contributed by atoms with Gasteiger partial charge in [0.15, 0.2) is 0 Å². The van der Waals surface area contributed by atoms with Gasteiger partial charge in [-0.1, -0.05) is 6.07 Å². The van der Waals surface area contributed by atoms with Crippen LogP contribution in [0.15, 0.2) is 24.3 Å². The summed E-state index contributed by atoms with van der Waals surface area (Å²) < 4.78 is 39.3. The summed E-state index contributed by atoms with van der Waals surface area (Å²) in [6.07, 6.45) is 0.0359. The Labute approximate surface area is 143 Å². The van der Waals surface area contributed by atoms with Crippen LogP contribution in [-0.4, -0.2) is 16.0 Å². The van der Waals surface area contributed by atoms with Crippen LogP contribution >= 0.6 is 0 Å². The molecule has 0 unspecified atom stereocenters. The SMILES string of the molecule is Cc1c(Nc2cc(C3CC3)nc(NC3CC3)n2)cccc1C(F)(F)F. The highest BCUT2D eigenvalue weighted by atomic mass is 19.4. The van der Waals surface area contributed by atoms with Crippen LogP contribution in [0, 0.1) is 6.92 Å². The summed E-state index contributed by atoms with van der Waals surface area (Å²) in [5, 5.41) is 6.32. The molecule has 2 aromatic rings. The van der Waals surface area contributed by atoms with Crippen LogP contribution in [-0.2, 0) is 6.18 Å². The molecular formula is C18H19F3N4. The van der Waals surface area contributed by atoms with E-state index in [0.717, 1.165) is 37.4 Å². The lowest BCUT2D eigenvalue weighted by molar-refractivity contribution is -0.138. The number of nitrogens with zero attached hydrogens (tertiary/aromatic N) is 2. The first-order chi connectivity index (χ1) is 11.9. The van der Waals surface area contributed by atoms with Crippen LogP contribution in [0.25, 0.3) is 0 Å². The molecule has 2 N–H and O–H groups in total. The molecule has 0 atom stereocenters. The van der Waals surface area contributed by atoms with Crippen molar-refractivity contribution in [2.75, 3.05) is 10.6 Å². The van der Waals surface area contributed by atoms with Crippen molar-refractivity contribution in [3.63, 3.8) is 0 Å². The molecule has 0 bridgehead atoms. The first kappa shape index (κ1) is 16.2. The Kier molecular flexibility index (Phi) is 3.81. The third kappa shape index (κ3) is 3.70. The van der Waals surface area contributed by atoms with E-state index >= 15 is 0 Å². The molecule has 2 aliphatic carbocycles. The molecule has 1 aromatic carbocycles. The summed E-state index contributed by atoms with van der Waals surface area (Å²) >= 11 is 0. The zero-order chi connectivity index (χ0) is 17.6. The Morgan fingerprint density at radius 1 is 1.08 bits per heavy atom. The van der Waals surface area contributed by atoms with Crippen molar-refractivity contribution >= 4 is 17.5 Å². The fourth-order valence-corrected chi connectivity index (χ4v) is 2.81. The van der Waals surface area contributed by atoms with Gasteiger partial charge in [0.1, 0.15) is 5.82 Å². The number of benzene rings is 1. The van der Waals surface area contributed by atoms with Crippen molar-refractivity contribution in [3.8, 4) is 0 Å². The molecule has 0 spiro atoms. The number of aromatic nitrogens is 2. The predicted molar refractivity (Wildman–Crippen MR) is 90.1 cm³/mol. The van der Waals surface area contributed by atoms with Crippen LogP contribution in [0.4, 0.5) is 30.6 Å². The maximum atomic E-state index is 13.1. The Morgan fingerprint density at radius 2 is 1.84 bits per heavy atom. The maximum Gasteiger partial charge on any atom is 0.416 e. The Hall–Kier alpha value is -2.31. The molecule has 1 aromatic heterocycles. The van der Waals surface area contributed by atoms with Gasteiger partial charge in [-0.2, -0.15) is 18.2 Å². The number of anilines is 3. The van der Waals surface area contributed by atoms with Gasteiger partial charge in [0.05, 0.1) is 11.3 Å². The standard InChI is InChI=1S/C18H19F3N4/c1-10-13(18(19,20)21)3-2-4-14(10)23-16-9-15(11-5-6-11)24-17(25-16)22-12-7-8-12/h2-4,9,11-12H,5-8H2,1H3,(H2,22,23,24,25). The molecule has 0 amide bonds. The lowest BCUT2D eigenvalue weighted by Crippen LogP contribution is -2.10. The first-order valence-electron chi connectivity index (χ1n) is 8.49. The van der Waals surface area contributed by atoms with E-state index in [2.05, 4.69) is 20.6 Å². The number of nitrogens with one attached hydrogen (secondary N) is 2. The smallest absolute Gasteiger partial charge is 0.351 e. The fraction of sp³-hybridized carbons (Fsp3) is 0.444. The summed E-state index contributed by atoms with van der Waals surface area (Å²) in [6, 6.07) is 6.39. The average Bonchev–Trinajstić information content (AvgIpc) is 3.42. The molecule has 25 heavy (non-hydrogen) atoms. The van der Waals surface area contributed by atoms with Crippen molar-refractivity contribution < 1.29 is 13.2 Å². The van der Waals surface area contributed by atoms with Crippen molar-refractivity contribution in [2.24, 2.45) is 0 Å². The molecule has 2 aliphatic rings. The monoisotopic (exact) mass is 348 g/mol. The van der Waals surface area contributed by atoms with E-state index < -0.39 is 11.7 Å². The normalized spacial score (nSPS) is 17.4. The minimum Gasteiger partial charge on any atom is -0.351 e. The summed E-state index contributed by atoms with van der Waals surface area (Å²) in [6.45, 7) is 1.47. The highest BCUT2D eigenvalue weighted by Crippen LogP contribution is 2.41. The maximum absolute atomic E-state index is 13.1. The van der Waals surface area contributed by atoms with Crippen LogP contribution in [0.1, 0.15) is 48.4 Å². The number of alkyl halides is 3. The summed E-state index contributed by atoms with van der Waals surface area (Å²) in [7, 11) is 0. The molecule has 4 rings (SSSR count). The van der Waals surface area contributed by atoms with Gasteiger partial charge in [0.2, 0.25) is 5.95 Å². The molecule has 4 nitrogen and oxygen atoms in total. The molecule has 132 valence electrons. The van der Waals surface area contributed by atoms with E-state index in [1.165, 1.54) is 13.0 Å². The molecule has 2 saturated carbocycles. The second-order valence-electron chi connectivity index (χ2n) is 6.80. The second kappa shape index (κ2) is 5.89. The molecule has 2 fully saturated rings. The zero-order valence-electron chi connectivity index (χ0n) is 13.8. The third-order valence-corrected chi connectivity index (χ3v) is 4.55. The quantitative estimate of drug-likeness (QED) is 0.798. The van der Waals surface area contributed by atoms with Crippen molar-refractivity contribution in [2.45, 2.75) is 50.7 Å². The Balaban J connectivity index is 1.64. The van der Waals surface area contributed by atoms with E-state index in [4.69, 9.17) is 0 Å². The molecule has 0 saturated heterocycles. The third-order valence-electron chi connectivity index (χ3n) is 4.55. The van der Waals surface area contributed by atoms with Gasteiger partial charge in [-0.25, -0.2) is 4.98 Å². The van der Waals surface area contributed by atoms with E-state index in [0.29, 0.717) is 29.4 Å². The van der Waals surface area contributed by atoms with E-state index in [9.17, 15) is 13.2 Å². The van der Waals surface area contributed by atoms with E-state index in [1.54, 1.807) is 6.07 Å². The topological polar surface area (TPSA) is 49.8 Å². The van der Waals surface area contributed by atoms with Gasteiger partial charge in [0.25, 0.3) is 0 Å². The van der Waals surface area contributed by atoms with Gasteiger partial charge in [0, 0.05) is 23.7 Å². The first-order valence-corrected chi connectivity index (χ1v) is 8.49. The van der Waals surface area contributed by atoms with Crippen molar-refractivity contribution in [3.05, 3.63) is 41.1 Å². The zero-order valence-corrected chi connectivity index (χ0v) is 13.8. The number of hydrogen-bond donors (Lipinski definition) is 2. The number of hydrogen-bond acceptors (Lipinski definition) is 4. The highest BCUT2D eigenvalue weighted by molar-refractivity contribution is 5.63. The summed E-state index contributed by atoms with van der Waals surface area (Å²) in [5.41, 5.74) is 0.890. The lowest BCUT2D eigenvalue weighted by Gasteiger charge is -2.16. The largest absolute Gasteiger partial charge is 0.416 e. The fourth-order valence-electron chi connectivity index (χ4n) is 2.81. The van der Waals surface area contributed by atoms with E-state index in [1.807, 2.05) is 6.07 Å². The molecule has 7 heteroatoms. The molecule has 0 aliphatic heterocycles. The second-order valence-corrected chi connectivity index (χ2v) is 6.80. The van der Waals surface area contributed by atoms with Gasteiger partial charge in [-0.05, 0) is 50.3 Å². The van der Waals surface area contributed by atoms with Gasteiger partial charge in [-0.3, -0.25) is 0 Å². The van der Waals surface area contributed by atoms with Crippen molar-refractivity contribution in [1.29, 1.82) is 0 Å². The Bertz CT molecular complexity index is 795. The average molecular weight is 348 g/mol. The van der Waals surface area contributed by atoms with Crippen LogP contribution in [0.2, 0.25) is 0 Å². The van der Waals surface area contributed by atoms with Crippen LogP contribution < -0.4 is 10.6 Å². The van der Waals surface area contributed by atoms with Crippen LogP contribution in [0.5, 0.6) is 0 Å². The van der Waals surface area contributed by atoms with Crippen molar-refractivity contribution in [1.82, 2.24) is 9.97 Å². The highest BCUT2D eigenvalue weighted by Gasteiger charge is 2.33. The predicted octanol–water partition coefficient (Wildman–Crippen LogP) is 5.00. The minimum atomic E-state index is -4.37. The van der Waals surface area contributed by atoms with Gasteiger partial charge in [-0.15, -0.1) is 0 Å². The number of halogens is 3. The molecular weight excluding hydrogens is 329 g/mol. The lowest BCUT2D eigenvalue weighted by atomic mass is 10.1. The Morgan fingerprint density at radius 3 is 2.48 bits per heavy atom. The van der Waals surface area contributed by atoms with E-state index in [-0.39, 0.29) is 5.56 Å². The molecule has 1 heterocycles. The molecule has 0 radical (unpaired) electrons. The van der Waals surface area contributed by atoms with Gasteiger partial charge >= 0.3 is 6.18 Å².